The fourth-order valence-electron chi connectivity index (χ4n) is 4.67. The highest BCUT2D eigenvalue weighted by molar-refractivity contribution is 6.30. The topological polar surface area (TPSA) is 67.9 Å². The summed E-state index contributed by atoms with van der Waals surface area (Å²) in [6.07, 6.45) is 4.03. The molecule has 1 N–H and O–H groups in total. The van der Waals surface area contributed by atoms with E-state index in [1.54, 1.807) is 7.11 Å². The molecular formula is C26H29ClN2O4. The zero-order valence-corrected chi connectivity index (χ0v) is 19.7. The predicted molar refractivity (Wildman–Crippen MR) is 127 cm³/mol. The van der Waals surface area contributed by atoms with Gasteiger partial charge in [-0.05, 0) is 73.1 Å². The van der Waals surface area contributed by atoms with Gasteiger partial charge in [0.2, 0.25) is 0 Å². The van der Waals surface area contributed by atoms with Gasteiger partial charge >= 0.3 is 5.97 Å². The standard InChI is InChI=1S/C26H29ClN2O4/c1-32-20-7-5-6-18(16-20)23(26(31)33-2)28-24-21-8-3-4-9-22(21)25(30)29(24)15-14-17-10-12-19(27)13-11-17/h5-7,10-13,16,23-24,28H,3-4,8-9,14-15H2,1-2H3/t23-,24+/m1/s1. The maximum atomic E-state index is 13.4. The summed E-state index contributed by atoms with van der Waals surface area (Å²) in [4.78, 5) is 28.0. The van der Waals surface area contributed by atoms with Gasteiger partial charge in [0, 0.05) is 17.1 Å². The molecule has 0 spiro atoms. The highest BCUT2D eigenvalue weighted by Crippen LogP contribution is 2.37. The zero-order valence-electron chi connectivity index (χ0n) is 19.0. The molecule has 2 atom stereocenters. The third-order valence-corrected chi connectivity index (χ3v) is 6.67. The van der Waals surface area contributed by atoms with Crippen molar-refractivity contribution < 1.29 is 19.1 Å². The minimum Gasteiger partial charge on any atom is -0.497 e. The molecule has 2 aromatic carbocycles. The Labute approximate surface area is 199 Å². The van der Waals surface area contributed by atoms with Crippen LogP contribution < -0.4 is 10.1 Å². The summed E-state index contributed by atoms with van der Waals surface area (Å²) < 4.78 is 10.5. The fourth-order valence-corrected chi connectivity index (χ4v) is 4.80. The van der Waals surface area contributed by atoms with Crippen LogP contribution in [0.4, 0.5) is 0 Å². The highest BCUT2D eigenvalue weighted by atomic mass is 35.5. The van der Waals surface area contributed by atoms with Gasteiger partial charge in [0.1, 0.15) is 18.0 Å². The van der Waals surface area contributed by atoms with Crippen LogP contribution in [0, 0.1) is 0 Å². The number of nitrogens with zero attached hydrogens (tertiary/aromatic N) is 1. The molecule has 0 bridgehead atoms. The molecule has 1 amide bonds. The van der Waals surface area contributed by atoms with E-state index in [-0.39, 0.29) is 12.1 Å². The van der Waals surface area contributed by atoms with Gasteiger partial charge in [-0.3, -0.25) is 10.1 Å². The predicted octanol–water partition coefficient (Wildman–Crippen LogP) is 4.43. The molecule has 0 radical (unpaired) electrons. The number of carbonyl (C=O) groups excluding carboxylic acids is 2. The molecular weight excluding hydrogens is 440 g/mol. The third-order valence-electron chi connectivity index (χ3n) is 6.41. The number of nitrogens with one attached hydrogen (secondary N) is 1. The van der Waals surface area contributed by atoms with E-state index >= 15 is 0 Å². The van der Waals surface area contributed by atoms with Crippen molar-refractivity contribution in [2.75, 3.05) is 20.8 Å². The molecule has 1 heterocycles. The first-order valence-electron chi connectivity index (χ1n) is 11.3. The minimum absolute atomic E-state index is 0.0606. The Bertz CT molecular complexity index is 1050. The summed E-state index contributed by atoms with van der Waals surface area (Å²) in [6.45, 7) is 0.539. The van der Waals surface area contributed by atoms with Gasteiger partial charge in [-0.2, -0.15) is 0 Å². The summed E-state index contributed by atoms with van der Waals surface area (Å²) in [7, 11) is 2.97. The van der Waals surface area contributed by atoms with E-state index < -0.39 is 12.0 Å². The summed E-state index contributed by atoms with van der Waals surface area (Å²) in [6, 6.07) is 14.3. The number of carbonyl (C=O) groups is 2. The molecule has 1 aliphatic carbocycles. The molecule has 0 aromatic heterocycles. The third kappa shape index (κ3) is 5.07. The smallest absolute Gasteiger partial charge is 0.327 e. The van der Waals surface area contributed by atoms with Crippen LogP contribution in [-0.4, -0.2) is 43.7 Å². The van der Waals surface area contributed by atoms with Gasteiger partial charge in [-0.1, -0.05) is 35.9 Å². The van der Waals surface area contributed by atoms with Crippen molar-refractivity contribution in [3.05, 3.63) is 75.8 Å². The molecule has 2 aliphatic rings. The average molecular weight is 469 g/mol. The lowest BCUT2D eigenvalue weighted by Crippen LogP contribution is -2.49. The van der Waals surface area contributed by atoms with Gasteiger partial charge in [0.15, 0.2) is 0 Å². The van der Waals surface area contributed by atoms with Gasteiger partial charge in [0.05, 0.1) is 14.2 Å². The number of benzene rings is 2. The molecule has 7 heteroatoms. The van der Waals surface area contributed by atoms with Gasteiger partial charge < -0.3 is 14.4 Å². The van der Waals surface area contributed by atoms with Crippen LogP contribution in [0.5, 0.6) is 5.75 Å². The van der Waals surface area contributed by atoms with Crippen LogP contribution in [0.25, 0.3) is 0 Å². The first-order chi connectivity index (χ1) is 16.0. The number of hydrogen-bond donors (Lipinski definition) is 1. The number of methoxy groups -OCH3 is 2. The second-order valence-corrected chi connectivity index (χ2v) is 8.82. The summed E-state index contributed by atoms with van der Waals surface area (Å²) >= 11 is 6.01. The van der Waals surface area contributed by atoms with Gasteiger partial charge in [0.25, 0.3) is 5.91 Å². The van der Waals surface area contributed by atoms with Crippen LogP contribution in [-0.2, 0) is 20.7 Å². The first kappa shape index (κ1) is 23.3. The molecule has 2 aromatic rings. The van der Waals surface area contributed by atoms with Crippen molar-refractivity contribution in [3.63, 3.8) is 0 Å². The highest BCUT2D eigenvalue weighted by Gasteiger charge is 2.41. The monoisotopic (exact) mass is 468 g/mol. The molecule has 0 fully saturated rings. The normalized spacial score (nSPS) is 18.8. The lowest BCUT2D eigenvalue weighted by molar-refractivity contribution is -0.144. The summed E-state index contributed by atoms with van der Waals surface area (Å²) in [5.74, 6) is 0.312. The van der Waals surface area contributed by atoms with Crippen LogP contribution >= 0.6 is 11.6 Å². The maximum absolute atomic E-state index is 13.4. The van der Waals surface area contributed by atoms with Crippen LogP contribution in [0.2, 0.25) is 5.02 Å². The number of esters is 1. The summed E-state index contributed by atoms with van der Waals surface area (Å²) in [5, 5.41) is 4.14. The molecule has 174 valence electrons. The van der Waals surface area contributed by atoms with E-state index in [4.69, 9.17) is 21.1 Å². The second-order valence-electron chi connectivity index (χ2n) is 8.39. The van der Waals surface area contributed by atoms with Gasteiger partial charge in [-0.15, -0.1) is 0 Å². The molecule has 4 rings (SSSR count). The molecule has 0 saturated heterocycles. The fraction of sp³-hybridized carbons (Fsp3) is 0.385. The van der Waals surface area contributed by atoms with Crippen LogP contribution in [0.15, 0.2) is 59.7 Å². The molecule has 1 aliphatic heterocycles. The molecule has 33 heavy (non-hydrogen) atoms. The summed E-state index contributed by atoms with van der Waals surface area (Å²) in [5.41, 5.74) is 3.83. The quantitative estimate of drug-likeness (QED) is 0.580. The Morgan fingerprint density at radius 3 is 2.64 bits per heavy atom. The molecule has 0 saturated carbocycles. The van der Waals surface area contributed by atoms with E-state index in [9.17, 15) is 9.59 Å². The average Bonchev–Trinajstić information content (AvgIpc) is 3.12. The second kappa shape index (κ2) is 10.4. The Morgan fingerprint density at radius 1 is 1.15 bits per heavy atom. The van der Waals surface area contributed by atoms with Crippen LogP contribution in [0.1, 0.15) is 42.9 Å². The van der Waals surface area contributed by atoms with E-state index in [1.807, 2.05) is 53.4 Å². The lowest BCUT2D eigenvalue weighted by atomic mass is 9.92. The van der Waals surface area contributed by atoms with E-state index in [0.29, 0.717) is 23.7 Å². The number of amides is 1. The zero-order chi connectivity index (χ0) is 23.4. The number of halogens is 1. The Morgan fingerprint density at radius 2 is 1.91 bits per heavy atom. The van der Waals surface area contributed by atoms with Crippen molar-refractivity contribution in [1.29, 1.82) is 0 Å². The Kier molecular flexibility index (Phi) is 7.36. The SMILES string of the molecule is COC(=O)[C@H](N[C@@H]1C2=C(CCCC2)C(=O)N1CCc1ccc(Cl)cc1)c1cccc(OC)c1. The van der Waals surface area contributed by atoms with E-state index in [1.165, 1.54) is 7.11 Å². The number of ether oxygens (including phenoxy) is 2. The first-order valence-corrected chi connectivity index (χ1v) is 11.6. The number of hydrogen-bond acceptors (Lipinski definition) is 5. The Balaban J connectivity index is 1.62. The maximum Gasteiger partial charge on any atom is 0.327 e. The van der Waals surface area contributed by atoms with Crippen molar-refractivity contribution in [3.8, 4) is 5.75 Å². The van der Waals surface area contributed by atoms with E-state index in [2.05, 4.69) is 5.32 Å². The van der Waals surface area contributed by atoms with E-state index in [0.717, 1.165) is 48.0 Å². The number of rotatable bonds is 8. The van der Waals surface area contributed by atoms with Crippen molar-refractivity contribution in [1.82, 2.24) is 10.2 Å². The van der Waals surface area contributed by atoms with Crippen molar-refractivity contribution in [2.45, 2.75) is 44.3 Å². The van der Waals surface area contributed by atoms with Crippen LogP contribution in [0.3, 0.4) is 0 Å². The molecule has 6 nitrogen and oxygen atoms in total. The Hall–Kier alpha value is -2.83. The van der Waals surface area contributed by atoms with Crippen molar-refractivity contribution in [2.24, 2.45) is 0 Å². The minimum atomic E-state index is -0.727. The van der Waals surface area contributed by atoms with Crippen molar-refractivity contribution >= 4 is 23.5 Å². The largest absolute Gasteiger partial charge is 0.497 e. The molecule has 0 unspecified atom stereocenters. The van der Waals surface area contributed by atoms with Gasteiger partial charge in [-0.25, -0.2) is 4.79 Å². The lowest BCUT2D eigenvalue weighted by Gasteiger charge is -2.31.